The number of aromatic nitrogens is 1. The zero-order valence-corrected chi connectivity index (χ0v) is 10.4. The molecule has 1 aromatic rings. The summed E-state index contributed by atoms with van der Waals surface area (Å²) in [5.41, 5.74) is 1.05. The lowest BCUT2D eigenvalue weighted by molar-refractivity contribution is 0.0669. The molecular formula is C13H19N3O2. The first-order valence-corrected chi connectivity index (χ1v) is 6.33. The molecule has 0 saturated carbocycles. The topological polar surface area (TPSA) is 63.2 Å². The van der Waals surface area contributed by atoms with E-state index < -0.39 is 0 Å². The van der Waals surface area contributed by atoms with E-state index in [9.17, 15) is 4.79 Å². The fourth-order valence-electron chi connectivity index (χ4n) is 1.93. The number of rotatable bonds is 4. The highest BCUT2D eigenvalue weighted by Crippen LogP contribution is 2.12. The van der Waals surface area contributed by atoms with Crippen molar-refractivity contribution in [3.05, 3.63) is 30.1 Å². The second kappa shape index (κ2) is 6.96. The Morgan fingerprint density at radius 2 is 2.00 bits per heavy atom. The minimum absolute atomic E-state index is 0.113. The fourth-order valence-corrected chi connectivity index (χ4v) is 1.93. The van der Waals surface area contributed by atoms with Crippen LogP contribution in [0.2, 0.25) is 0 Å². The molecule has 98 valence electrons. The van der Waals surface area contributed by atoms with Crippen molar-refractivity contribution in [2.24, 2.45) is 5.92 Å². The number of carbonyl (C=O) groups is 1. The third-order valence-electron chi connectivity index (χ3n) is 3.09. The highest BCUT2D eigenvalue weighted by atomic mass is 16.5. The molecule has 0 aromatic carbocycles. The van der Waals surface area contributed by atoms with Gasteiger partial charge in [-0.25, -0.2) is 4.79 Å². The average Bonchev–Trinajstić information content (AvgIpc) is 2.45. The minimum Gasteiger partial charge on any atom is -0.381 e. The van der Waals surface area contributed by atoms with Crippen LogP contribution < -0.4 is 10.6 Å². The van der Waals surface area contributed by atoms with Crippen molar-refractivity contribution in [3.8, 4) is 0 Å². The van der Waals surface area contributed by atoms with Crippen molar-refractivity contribution in [1.82, 2.24) is 15.6 Å². The van der Waals surface area contributed by atoms with Crippen molar-refractivity contribution < 1.29 is 9.53 Å². The molecule has 1 fully saturated rings. The van der Waals surface area contributed by atoms with Gasteiger partial charge < -0.3 is 15.4 Å². The molecule has 0 aliphatic carbocycles. The summed E-state index contributed by atoms with van der Waals surface area (Å²) >= 11 is 0. The van der Waals surface area contributed by atoms with E-state index >= 15 is 0 Å². The lowest BCUT2D eigenvalue weighted by Gasteiger charge is -2.22. The molecule has 18 heavy (non-hydrogen) atoms. The number of urea groups is 1. The third kappa shape index (κ3) is 4.33. The summed E-state index contributed by atoms with van der Waals surface area (Å²) in [6.07, 6.45) is 5.50. The fraction of sp³-hybridized carbons (Fsp3) is 0.538. The highest BCUT2D eigenvalue weighted by molar-refractivity contribution is 5.73. The van der Waals surface area contributed by atoms with Crippen LogP contribution in [0, 0.1) is 5.92 Å². The largest absolute Gasteiger partial charge is 0.381 e. The van der Waals surface area contributed by atoms with Gasteiger partial charge in [0, 0.05) is 38.7 Å². The zero-order chi connectivity index (χ0) is 12.6. The van der Waals surface area contributed by atoms with E-state index in [1.807, 2.05) is 12.1 Å². The summed E-state index contributed by atoms with van der Waals surface area (Å²) < 4.78 is 5.28. The van der Waals surface area contributed by atoms with E-state index in [1.165, 1.54) is 0 Å². The summed E-state index contributed by atoms with van der Waals surface area (Å²) in [7, 11) is 0. The molecule has 1 saturated heterocycles. The van der Waals surface area contributed by atoms with Gasteiger partial charge >= 0.3 is 6.03 Å². The highest BCUT2D eigenvalue weighted by Gasteiger charge is 2.14. The third-order valence-corrected chi connectivity index (χ3v) is 3.09. The van der Waals surface area contributed by atoms with Crippen LogP contribution in [0.5, 0.6) is 0 Å². The first kappa shape index (κ1) is 12.8. The minimum atomic E-state index is -0.113. The van der Waals surface area contributed by atoms with E-state index in [4.69, 9.17) is 4.74 Å². The van der Waals surface area contributed by atoms with Crippen LogP contribution in [-0.2, 0) is 11.3 Å². The van der Waals surface area contributed by atoms with Crippen molar-refractivity contribution in [3.63, 3.8) is 0 Å². The normalized spacial score (nSPS) is 16.2. The van der Waals surface area contributed by atoms with Crippen LogP contribution >= 0.6 is 0 Å². The predicted octanol–water partition coefficient (Wildman–Crippen LogP) is 1.31. The van der Waals surface area contributed by atoms with Gasteiger partial charge in [-0.2, -0.15) is 0 Å². The van der Waals surface area contributed by atoms with Crippen LogP contribution in [0.25, 0.3) is 0 Å². The first-order chi connectivity index (χ1) is 8.84. The van der Waals surface area contributed by atoms with E-state index in [0.717, 1.165) is 38.2 Å². The van der Waals surface area contributed by atoms with Gasteiger partial charge in [0.25, 0.3) is 0 Å². The maximum absolute atomic E-state index is 11.6. The van der Waals surface area contributed by atoms with Crippen molar-refractivity contribution >= 4 is 6.03 Å². The number of ether oxygens (including phenoxy) is 1. The molecule has 0 spiro atoms. The quantitative estimate of drug-likeness (QED) is 0.845. The second-order valence-corrected chi connectivity index (χ2v) is 4.47. The van der Waals surface area contributed by atoms with E-state index in [1.54, 1.807) is 12.4 Å². The van der Waals surface area contributed by atoms with Gasteiger partial charge in [-0.15, -0.1) is 0 Å². The molecule has 0 atom stereocenters. The standard InChI is InChI=1S/C13H19N3O2/c17-13(15-9-11-1-5-14-6-2-11)16-10-12-3-7-18-8-4-12/h1-2,5-6,12H,3-4,7-10H2,(H2,15,16,17). The number of hydrogen-bond acceptors (Lipinski definition) is 3. The van der Waals surface area contributed by atoms with Gasteiger partial charge in [-0.05, 0) is 36.5 Å². The van der Waals surface area contributed by atoms with Crippen molar-refractivity contribution in [2.45, 2.75) is 19.4 Å². The molecule has 5 heteroatoms. The molecule has 0 bridgehead atoms. The van der Waals surface area contributed by atoms with Gasteiger partial charge in [-0.3, -0.25) is 4.98 Å². The van der Waals surface area contributed by atoms with Crippen LogP contribution in [0.15, 0.2) is 24.5 Å². The Balaban J connectivity index is 1.63. The maximum Gasteiger partial charge on any atom is 0.315 e. The average molecular weight is 249 g/mol. The monoisotopic (exact) mass is 249 g/mol. The van der Waals surface area contributed by atoms with E-state index in [-0.39, 0.29) is 6.03 Å². The molecule has 5 nitrogen and oxygen atoms in total. The van der Waals surface area contributed by atoms with Crippen LogP contribution in [-0.4, -0.2) is 30.8 Å². The summed E-state index contributed by atoms with van der Waals surface area (Å²) in [6.45, 7) is 2.88. The molecule has 2 amide bonds. The Kier molecular flexibility index (Phi) is 4.96. The molecule has 2 heterocycles. The smallest absolute Gasteiger partial charge is 0.315 e. The van der Waals surface area contributed by atoms with Crippen LogP contribution in [0.4, 0.5) is 4.79 Å². The Morgan fingerprint density at radius 1 is 1.28 bits per heavy atom. The maximum atomic E-state index is 11.6. The summed E-state index contributed by atoms with van der Waals surface area (Å²) in [4.78, 5) is 15.5. The van der Waals surface area contributed by atoms with Crippen molar-refractivity contribution in [1.29, 1.82) is 0 Å². The first-order valence-electron chi connectivity index (χ1n) is 6.33. The lowest BCUT2D eigenvalue weighted by Crippen LogP contribution is -2.39. The number of hydrogen-bond donors (Lipinski definition) is 2. The Labute approximate surface area is 107 Å². The van der Waals surface area contributed by atoms with E-state index in [2.05, 4.69) is 15.6 Å². The number of pyridine rings is 1. The number of carbonyl (C=O) groups excluding carboxylic acids is 1. The summed E-state index contributed by atoms with van der Waals surface area (Å²) in [5.74, 6) is 0.547. The lowest BCUT2D eigenvalue weighted by atomic mass is 10.0. The molecule has 1 aromatic heterocycles. The van der Waals surface area contributed by atoms with Crippen LogP contribution in [0.1, 0.15) is 18.4 Å². The zero-order valence-electron chi connectivity index (χ0n) is 10.4. The molecule has 2 rings (SSSR count). The van der Waals surface area contributed by atoms with Gasteiger partial charge in [-0.1, -0.05) is 0 Å². The molecule has 2 N–H and O–H groups in total. The molecule has 1 aliphatic heterocycles. The van der Waals surface area contributed by atoms with Gasteiger partial charge in [0.05, 0.1) is 0 Å². The van der Waals surface area contributed by atoms with Crippen LogP contribution in [0.3, 0.4) is 0 Å². The number of nitrogens with one attached hydrogen (secondary N) is 2. The number of amides is 2. The van der Waals surface area contributed by atoms with Crippen molar-refractivity contribution in [2.75, 3.05) is 19.8 Å². The Bertz CT molecular complexity index is 364. The summed E-state index contributed by atoms with van der Waals surface area (Å²) in [5, 5.41) is 5.73. The SMILES string of the molecule is O=C(NCc1ccncc1)NCC1CCOCC1. The Morgan fingerprint density at radius 3 is 2.72 bits per heavy atom. The van der Waals surface area contributed by atoms with Gasteiger partial charge in [0.15, 0.2) is 0 Å². The summed E-state index contributed by atoms with van der Waals surface area (Å²) in [6, 6.07) is 3.66. The van der Waals surface area contributed by atoms with Gasteiger partial charge in [0.1, 0.15) is 0 Å². The molecular weight excluding hydrogens is 230 g/mol. The van der Waals surface area contributed by atoms with Gasteiger partial charge in [0.2, 0.25) is 0 Å². The Hall–Kier alpha value is -1.62. The number of nitrogens with zero attached hydrogens (tertiary/aromatic N) is 1. The second-order valence-electron chi connectivity index (χ2n) is 4.47. The van der Waals surface area contributed by atoms with E-state index in [0.29, 0.717) is 12.5 Å². The molecule has 0 unspecified atom stereocenters. The molecule has 0 radical (unpaired) electrons. The predicted molar refractivity (Wildman–Crippen MR) is 68.0 cm³/mol. The molecule has 1 aliphatic rings.